The Morgan fingerprint density at radius 1 is 1.12 bits per heavy atom. The number of anilines is 2. The minimum atomic E-state index is -4.55. The molecule has 0 radical (unpaired) electrons. The predicted molar refractivity (Wildman–Crippen MR) is 123 cm³/mol. The number of aryl methyl sites for hydroxylation is 1. The van der Waals surface area contributed by atoms with Crippen molar-refractivity contribution in [1.29, 1.82) is 0 Å². The third-order valence-electron chi connectivity index (χ3n) is 6.22. The third-order valence-corrected chi connectivity index (χ3v) is 6.22. The maximum absolute atomic E-state index is 14.2. The lowest BCUT2D eigenvalue weighted by molar-refractivity contribution is -0.138. The maximum Gasteiger partial charge on any atom is 0.417 e. The molecule has 2 aromatic carbocycles. The van der Waals surface area contributed by atoms with Gasteiger partial charge in [-0.2, -0.15) is 18.3 Å². The van der Waals surface area contributed by atoms with Crippen molar-refractivity contribution >= 4 is 22.9 Å². The Morgan fingerprint density at radius 3 is 2.68 bits per heavy atom. The van der Waals surface area contributed by atoms with E-state index in [9.17, 15) is 18.0 Å². The first kappa shape index (κ1) is 21.9. The molecular formula is C25H22F3N5O. The lowest BCUT2D eigenvalue weighted by Gasteiger charge is -2.24. The van der Waals surface area contributed by atoms with Crippen molar-refractivity contribution in [1.82, 2.24) is 14.6 Å². The zero-order chi connectivity index (χ0) is 23.9. The first-order chi connectivity index (χ1) is 16.3. The van der Waals surface area contributed by atoms with Crippen LogP contribution in [-0.2, 0) is 6.18 Å². The Bertz CT molecular complexity index is 1350. The highest BCUT2D eigenvalue weighted by molar-refractivity contribution is 6.04. The molecule has 0 bridgehead atoms. The van der Waals surface area contributed by atoms with Crippen molar-refractivity contribution in [3.63, 3.8) is 0 Å². The number of alkyl halides is 3. The van der Waals surface area contributed by atoms with E-state index in [1.807, 2.05) is 11.1 Å². The van der Waals surface area contributed by atoms with Crippen molar-refractivity contribution < 1.29 is 18.0 Å². The van der Waals surface area contributed by atoms with Crippen LogP contribution >= 0.6 is 0 Å². The number of hydrogen-bond acceptors (Lipinski definition) is 4. The highest BCUT2D eigenvalue weighted by Crippen LogP contribution is 2.44. The number of carbonyl (C=O) groups excluding carboxylic acids is 1. The second-order valence-corrected chi connectivity index (χ2v) is 8.41. The Kier molecular flexibility index (Phi) is 5.47. The van der Waals surface area contributed by atoms with Crippen molar-refractivity contribution in [3.05, 3.63) is 89.4 Å². The van der Waals surface area contributed by atoms with Gasteiger partial charge in [-0.15, -0.1) is 0 Å². The quantitative estimate of drug-likeness (QED) is 0.444. The van der Waals surface area contributed by atoms with E-state index in [0.29, 0.717) is 30.7 Å². The molecule has 0 spiro atoms. The average Bonchev–Trinajstić information content (AvgIpc) is 3.49. The summed E-state index contributed by atoms with van der Waals surface area (Å²) in [7, 11) is 0. The molecule has 6 nitrogen and oxygen atoms in total. The highest BCUT2D eigenvalue weighted by atomic mass is 19.4. The zero-order valence-electron chi connectivity index (χ0n) is 18.4. The number of aromatic nitrogens is 3. The summed E-state index contributed by atoms with van der Waals surface area (Å²) in [5.41, 5.74) is 1.66. The Morgan fingerprint density at radius 2 is 1.91 bits per heavy atom. The van der Waals surface area contributed by atoms with Crippen LogP contribution in [0.15, 0.2) is 67.1 Å². The molecule has 4 aromatic rings. The van der Waals surface area contributed by atoms with E-state index in [2.05, 4.69) is 15.4 Å². The summed E-state index contributed by atoms with van der Waals surface area (Å²) in [4.78, 5) is 19.2. The van der Waals surface area contributed by atoms with Crippen LogP contribution < -0.4 is 10.2 Å². The van der Waals surface area contributed by atoms with Crippen molar-refractivity contribution in [2.75, 3.05) is 23.3 Å². The predicted octanol–water partition coefficient (Wildman–Crippen LogP) is 5.30. The molecule has 0 unspecified atom stereocenters. The standard InChI is InChI=1S/C25H22F3N5O/c1-16-7-8-20(31-24(34)17-5-3-2-4-6-17)22(23(16)25(26,27)28)18-10-12-32(14-18)19-13-29-21-9-11-30-33(21)15-19/h2-9,11,13,15,18H,10,12,14H2,1H3,(H,31,34)/t18-/m1/s1. The van der Waals surface area contributed by atoms with Gasteiger partial charge in [0.2, 0.25) is 0 Å². The molecule has 1 aliphatic heterocycles. The summed E-state index contributed by atoms with van der Waals surface area (Å²) in [5.74, 6) is -0.863. The molecule has 2 aromatic heterocycles. The van der Waals surface area contributed by atoms with Crippen molar-refractivity contribution in [2.24, 2.45) is 0 Å². The first-order valence-corrected chi connectivity index (χ1v) is 10.9. The van der Waals surface area contributed by atoms with Gasteiger partial charge < -0.3 is 10.2 Å². The van der Waals surface area contributed by atoms with Crippen LogP contribution in [-0.4, -0.2) is 33.6 Å². The first-order valence-electron chi connectivity index (χ1n) is 10.9. The smallest absolute Gasteiger partial charge is 0.368 e. The van der Waals surface area contributed by atoms with Gasteiger partial charge in [0.15, 0.2) is 5.65 Å². The summed E-state index contributed by atoms with van der Waals surface area (Å²) < 4.78 is 44.3. The molecule has 1 fully saturated rings. The van der Waals surface area contributed by atoms with Gasteiger partial charge in [0.05, 0.1) is 29.8 Å². The summed E-state index contributed by atoms with van der Waals surface area (Å²) in [6, 6.07) is 13.2. The molecule has 1 aliphatic rings. The lowest BCUT2D eigenvalue weighted by atomic mass is 9.88. The fourth-order valence-corrected chi connectivity index (χ4v) is 4.62. The van der Waals surface area contributed by atoms with E-state index in [1.165, 1.54) is 13.0 Å². The van der Waals surface area contributed by atoms with Crippen LogP contribution in [0.5, 0.6) is 0 Å². The van der Waals surface area contributed by atoms with Gasteiger partial charge in [-0.05, 0) is 42.7 Å². The van der Waals surface area contributed by atoms with E-state index in [4.69, 9.17) is 0 Å². The van der Waals surface area contributed by atoms with Crippen molar-refractivity contribution in [2.45, 2.75) is 25.4 Å². The average molecular weight is 465 g/mol. The Hall–Kier alpha value is -3.88. The second-order valence-electron chi connectivity index (χ2n) is 8.41. The van der Waals surface area contributed by atoms with Crippen molar-refractivity contribution in [3.8, 4) is 0 Å². The summed E-state index contributed by atoms with van der Waals surface area (Å²) in [5, 5.41) is 6.93. The Balaban J connectivity index is 1.51. The zero-order valence-corrected chi connectivity index (χ0v) is 18.4. The summed E-state index contributed by atoms with van der Waals surface area (Å²) in [6.07, 6.45) is 1.14. The minimum absolute atomic E-state index is 0.132. The van der Waals surface area contributed by atoms with Crippen LogP contribution in [0.1, 0.15) is 39.4 Å². The highest BCUT2D eigenvalue weighted by Gasteiger charge is 2.40. The number of amides is 1. The number of nitrogens with zero attached hydrogens (tertiary/aromatic N) is 4. The molecule has 34 heavy (non-hydrogen) atoms. The van der Waals surface area contributed by atoms with E-state index in [0.717, 1.165) is 5.69 Å². The van der Waals surface area contributed by atoms with Gasteiger partial charge >= 0.3 is 6.18 Å². The van der Waals surface area contributed by atoms with Crippen LogP contribution in [0, 0.1) is 6.92 Å². The molecule has 0 saturated carbocycles. The second kappa shape index (κ2) is 8.48. The number of fused-ring (bicyclic) bond motifs is 1. The number of benzene rings is 2. The molecule has 9 heteroatoms. The molecule has 3 heterocycles. The van der Waals surface area contributed by atoms with Crippen LogP contribution in [0.2, 0.25) is 0 Å². The number of hydrogen-bond donors (Lipinski definition) is 1. The van der Waals surface area contributed by atoms with Crippen LogP contribution in [0.4, 0.5) is 24.5 Å². The van der Waals surface area contributed by atoms with Gasteiger partial charge in [0.25, 0.3) is 5.91 Å². The molecule has 0 aliphatic carbocycles. The van der Waals surface area contributed by atoms with Gasteiger partial charge in [0, 0.05) is 36.3 Å². The van der Waals surface area contributed by atoms with E-state index in [1.54, 1.807) is 59.4 Å². The molecule has 1 atom stereocenters. The maximum atomic E-state index is 14.2. The summed E-state index contributed by atoms with van der Waals surface area (Å²) >= 11 is 0. The topological polar surface area (TPSA) is 62.5 Å². The number of halogens is 3. The largest absolute Gasteiger partial charge is 0.417 e. The van der Waals surface area contributed by atoms with E-state index >= 15 is 0 Å². The van der Waals surface area contributed by atoms with Gasteiger partial charge in [-0.3, -0.25) is 4.79 Å². The molecule has 1 saturated heterocycles. The number of rotatable bonds is 4. The summed E-state index contributed by atoms with van der Waals surface area (Å²) in [6.45, 7) is 2.39. The monoisotopic (exact) mass is 465 g/mol. The number of nitrogens with one attached hydrogen (secondary N) is 1. The molecular weight excluding hydrogens is 443 g/mol. The van der Waals surface area contributed by atoms with E-state index < -0.39 is 23.6 Å². The van der Waals surface area contributed by atoms with Gasteiger partial charge in [0.1, 0.15) is 0 Å². The fourth-order valence-electron chi connectivity index (χ4n) is 4.62. The molecule has 1 amide bonds. The molecule has 1 N–H and O–H groups in total. The minimum Gasteiger partial charge on any atom is -0.368 e. The van der Waals surface area contributed by atoms with E-state index in [-0.39, 0.29) is 16.8 Å². The van der Waals surface area contributed by atoms with Crippen LogP contribution in [0.25, 0.3) is 5.65 Å². The molecule has 5 rings (SSSR count). The third kappa shape index (κ3) is 4.09. The lowest BCUT2D eigenvalue weighted by Crippen LogP contribution is -2.23. The number of carbonyl (C=O) groups is 1. The van der Waals surface area contributed by atoms with Crippen LogP contribution in [0.3, 0.4) is 0 Å². The molecule has 174 valence electrons. The normalized spacial score (nSPS) is 16.2. The fraction of sp³-hybridized carbons (Fsp3) is 0.240. The SMILES string of the molecule is Cc1ccc(NC(=O)c2ccccc2)c([C@@H]2CCN(c3cnc4ccnn4c3)C2)c1C(F)(F)F. The Labute approximate surface area is 194 Å². The van der Waals surface area contributed by atoms with Gasteiger partial charge in [-0.1, -0.05) is 24.3 Å². The van der Waals surface area contributed by atoms with Gasteiger partial charge in [-0.25, -0.2) is 9.50 Å².